The Morgan fingerprint density at radius 2 is 1.58 bits per heavy atom. The average Bonchev–Trinajstić information content (AvgIpc) is 2.75. The first kappa shape index (κ1) is 23.2. The second kappa shape index (κ2) is 10.2. The Kier molecular flexibility index (Phi) is 7.64. The molecule has 31 heavy (non-hydrogen) atoms. The molecule has 0 bridgehead atoms. The van der Waals surface area contributed by atoms with Crippen molar-refractivity contribution >= 4 is 31.9 Å². The number of hydrogen-bond donors (Lipinski definition) is 0. The lowest BCUT2D eigenvalue weighted by atomic mass is 10.1. The fraction of sp³-hybridized carbons (Fsp3) is 0.208. The van der Waals surface area contributed by atoms with E-state index in [0.29, 0.717) is 12.2 Å². The third kappa shape index (κ3) is 5.81. The van der Waals surface area contributed by atoms with Crippen LogP contribution in [0, 0.1) is 6.92 Å². The number of hydrogen-bond acceptors (Lipinski definition) is 4. The quantitative estimate of drug-likeness (QED) is 0.391. The predicted molar refractivity (Wildman–Crippen MR) is 124 cm³/mol. The third-order valence-electron chi connectivity index (χ3n) is 4.88. The molecule has 0 aromatic heterocycles. The summed E-state index contributed by atoms with van der Waals surface area (Å²) in [6, 6.07) is 21.2. The summed E-state index contributed by atoms with van der Waals surface area (Å²) in [6.45, 7) is 4.44. The molecule has 5 nitrogen and oxygen atoms in total. The lowest BCUT2D eigenvalue weighted by molar-refractivity contribution is 0.0526. The van der Waals surface area contributed by atoms with Crippen LogP contribution in [0.15, 0.2) is 82.2 Å². The van der Waals surface area contributed by atoms with Crippen molar-refractivity contribution in [3.8, 4) is 0 Å². The highest BCUT2D eigenvalue weighted by Gasteiger charge is 2.25. The third-order valence-corrected chi connectivity index (χ3v) is 7.22. The normalized spacial score (nSPS) is 11.5. The minimum atomic E-state index is -3.75. The van der Waals surface area contributed by atoms with Crippen LogP contribution >= 0.6 is 15.9 Å². The van der Waals surface area contributed by atoms with Crippen LogP contribution in [0.3, 0.4) is 0 Å². The Balaban J connectivity index is 1.93. The zero-order chi connectivity index (χ0) is 22.4. The predicted octanol–water partition coefficient (Wildman–Crippen LogP) is 5.33. The number of ether oxygens (including phenoxy) is 1. The molecule has 0 aliphatic carbocycles. The minimum Gasteiger partial charge on any atom is -0.462 e. The summed E-state index contributed by atoms with van der Waals surface area (Å²) in [5, 5.41) is 0. The smallest absolute Gasteiger partial charge is 0.338 e. The van der Waals surface area contributed by atoms with Gasteiger partial charge in [-0.25, -0.2) is 13.2 Å². The second-order valence-electron chi connectivity index (χ2n) is 7.07. The molecule has 0 saturated carbocycles. The van der Waals surface area contributed by atoms with Gasteiger partial charge in [-0.3, -0.25) is 0 Å². The van der Waals surface area contributed by atoms with Crippen molar-refractivity contribution in [3.05, 3.63) is 99.5 Å². The molecule has 162 valence electrons. The van der Waals surface area contributed by atoms with Crippen LogP contribution < -0.4 is 0 Å². The summed E-state index contributed by atoms with van der Waals surface area (Å²) in [5.41, 5.74) is 3.18. The Hall–Kier alpha value is -2.48. The topological polar surface area (TPSA) is 63.7 Å². The van der Waals surface area contributed by atoms with Gasteiger partial charge in [-0.2, -0.15) is 4.31 Å². The van der Waals surface area contributed by atoms with Gasteiger partial charge in [0.15, 0.2) is 0 Å². The van der Waals surface area contributed by atoms with Gasteiger partial charge in [0, 0.05) is 17.6 Å². The van der Waals surface area contributed by atoms with Crippen molar-refractivity contribution in [1.29, 1.82) is 0 Å². The molecule has 0 fully saturated rings. The summed E-state index contributed by atoms with van der Waals surface area (Å²) < 4.78 is 34.2. The molecule has 0 aliphatic heterocycles. The first-order valence-corrected chi connectivity index (χ1v) is 12.1. The minimum absolute atomic E-state index is 0.176. The van der Waals surface area contributed by atoms with E-state index in [4.69, 9.17) is 4.74 Å². The van der Waals surface area contributed by atoms with E-state index in [9.17, 15) is 13.2 Å². The van der Waals surface area contributed by atoms with Crippen molar-refractivity contribution in [2.45, 2.75) is 31.8 Å². The van der Waals surface area contributed by atoms with Crippen LogP contribution in [0.2, 0.25) is 0 Å². The lowest BCUT2D eigenvalue weighted by Gasteiger charge is -2.23. The number of carbonyl (C=O) groups excluding carboxylic acids is 1. The Morgan fingerprint density at radius 3 is 2.19 bits per heavy atom. The molecule has 0 amide bonds. The van der Waals surface area contributed by atoms with Crippen LogP contribution in [0.4, 0.5) is 0 Å². The van der Waals surface area contributed by atoms with Gasteiger partial charge in [-0.1, -0.05) is 52.3 Å². The van der Waals surface area contributed by atoms with Gasteiger partial charge < -0.3 is 4.74 Å². The summed E-state index contributed by atoms with van der Waals surface area (Å²) in [5.74, 6) is -0.395. The molecule has 0 heterocycles. The number of esters is 1. The molecule has 0 radical (unpaired) electrons. The maximum Gasteiger partial charge on any atom is 0.338 e. The fourth-order valence-corrected chi connectivity index (χ4v) is 4.79. The molecule has 0 aliphatic rings. The van der Waals surface area contributed by atoms with Crippen LogP contribution in [-0.2, 0) is 27.8 Å². The molecule has 0 saturated heterocycles. The molecule has 3 aromatic rings. The number of nitrogens with zero attached hydrogens (tertiary/aromatic N) is 1. The van der Waals surface area contributed by atoms with Crippen molar-refractivity contribution in [3.63, 3.8) is 0 Å². The largest absolute Gasteiger partial charge is 0.462 e. The van der Waals surface area contributed by atoms with E-state index in [0.717, 1.165) is 21.2 Å². The second-order valence-corrected chi connectivity index (χ2v) is 9.92. The van der Waals surface area contributed by atoms with Crippen molar-refractivity contribution in [1.82, 2.24) is 4.31 Å². The van der Waals surface area contributed by atoms with Crippen molar-refractivity contribution in [2.24, 2.45) is 0 Å². The highest BCUT2D eigenvalue weighted by atomic mass is 79.9. The van der Waals surface area contributed by atoms with Crippen LogP contribution in [0.25, 0.3) is 0 Å². The van der Waals surface area contributed by atoms with Gasteiger partial charge in [-0.15, -0.1) is 0 Å². The number of aryl methyl sites for hydroxylation is 1. The van der Waals surface area contributed by atoms with E-state index >= 15 is 0 Å². The first-order chi connectivity index (χ1) is 14.8. The van der Waals surface area contributed by atoms with E-state index in [-0.39, 0.29) is 18.0 Å². The molecule has 0 unspecified atom stereocenters. The highest BCUT2D eigenvalue weighted by molar-refractivity contribution is 9.10. The Labute approximate surface area is 191 Å². The molecule has 0 atom stereocenters. The van der Waals surface area contributed by atoms with Gasteiger partial charge >= 0.3 is 5.97 Å². The SMILES string of the molecule is CCOC(=O)c1ccc(CN(Cc2ccccc2C)S(=O)(=O)c2ccc(Br)cc2)cc1. The molecule has 0 spiro atoms. The zero-order valence-corrected chi connectivity index (χ0v) is 19.8. The molecule has 0 N–H and O–H groups in total. The van der Waals surface area contributed by atoms with Gasteiger partial charge in [0.25, 0.3) is 0 Å². The van der Waals surface area contributed by atoms with Crippen LogP contribution in [0.1, 0.15) is 34.0 Å². The molecule has 3 aromatic carbocycles. The van der Waals surface area contributed by atoms with Gasteiger partial charge in [0.1, 0.15) is 0 Å². The average molecular weight is 502 g/mol. The number of benzene rings is 3. The van der Waals surface area contributed by atoms with Gasteiger partial charge in [0.2, 0.25) is 10.0 Å². The lowest BCUT2D eigenvalue weighted by Crippen LogP contribution is -2.30. The van der Waals surface area contributed by atoms with E-state index in [1.807, 2.05) is 31.2 Å². The zero-order valence-electron chi connectivity index (χ0n) is 17.4. The maximum absolute atomic E-state index is 13.5. The maximum atomic E-state index is 13.5. The molecule has 7 heteroatoms. The van der Waals surface area contributed by atoms with Crippen LogP contribution in [-0.4, -0.2) is 25.3 Å². The first-order valence-electron chi connectivity index (χ1n) is 9.87. The monoisotopic (exact) mass is 501 g/mol. The summed E-state index contributed by atoms with van der Waals surface area (Å²) in [4.78, 5) is 12.1. The summed E-state index contributed by atoms with van der Waals surface area (Å²) >= 11 is 3.35. The summed E-state index contributed by atoms with van der Waals surface area (Å²) in [7, 11) is -3.75. The molecular weight excluding hydrogens is 478 g/mol. The summed E-state index contributed by atoms with van der Waals surface area (Å²) in [6.07, 6.45) is 0. The van der Waals surface area contributed by atoms with Gasteiger partial charge in [0.05, 0.1) is 17.1 Å². The van der Waals surface area contributed by atoms with Gasteiger partial charge in [-0.05, 0) is 66.9 Å². The van der Waals surface area contributed by atoms with E-state index < -0.39 is 16.0 Å². The molecular formula is C24H24BrNO4S. The van der Waals surface area contributed by atoms with Crippen LogP contribution in [0.5, 0.6) is 0 Å². The van der Waals surface area contributed by atoms with Crippen molar-refractivity contribution < 1.29 is 17.9 Å². The number of carbonyl (C=O) groups is 1. The highest BCUT2D eigenvalue weighted by Crippen LogP contribution is 2.24. The van der Waals surface area contributed by atoms with E-state index in [1.165, 1.54) is 4.31 Å². The van der Waals surface area contributed by atoms with E-state index in [1.54, 1.807) is 55.5 Å². The number of rotatable bonds is 8. The van der Waals surface area contributed by atoms with E-state index in [2.05, 4.69) is 15.9 Å². The Bertz CT molecular complexity index is 1140. The fourth-order valence-electron chi connectivity index (χ4n) is 3.12. The Morgan fingerprint density at radius 1 is 0.935 bits per heavy atom. The van der Waals surface area contributed by atoms with Crippen molar-refractivity contribution in [2.75, 3.05) is 6.61 Å². The number of halogens is 1. The number of sulfonamides is 1. The molecule has 3 rings (SSSR count). The standard InChI is InChI=1S/C24H24BrNO4S/c1-3-30-24(27)20-10-8-19(9-11-20)16-26(17-21-7-5-4-6-18(21)2)31(28,29)23-14-12-22(25)13-15-23/h4-15H,3,16-17H2,1-2H3.